The predicted molar refractivity (Wildman–Crippen MR) is 120 cm³/mol. The zero-order valence-corrected chi connectivity index (χ0v) is 20.6. The fraction of sp³-hybridized carbons (Fsp3) is 0.650. The molecule has 1 aliphatic heterocycles. The molecule has 9 nitrogen and oxygen atoms in total. The summed E-state index contributed by atoms with van der Waals surface area (Å²) in [6.07, 6.45) is 0. The first-order valence-corrected chi connectivity index (χ1v) is 13.5. The minimum absolute atomic E-state index is 0.0128. The second-order valence-corrected chi connectivity index (χ2v) is 11.8. The molecule has 1 saturated heterocycles. The maximum Gasteiger partial charge on any atom is 0.244 e. The summed E-state index contributed by atoms with van der Waals surface area (Å²) < 4.78 is 60.1. The molecule has 31 heavy (non-hydrogen) atoms. The van der Waals surface area contributed by atoms with Gasteiger partial charge in [-0.1, -0.05) is 20.8 Å². The van der Waals surface area contributed by atoms with Crippen LogP contribution in [0.4, 0.5) is 5.69 Å². The van der Waals surface area contributed by atoms with Gasteiger partial charge in [-0.3, -0.25) is 9.69 Å². The van der Waals surface area contributed by atoms with E-state index in [2.05, 4.69) is 9.62 Å². The third kappa shape index (κ3) is 5.39. The Bertz CT molecular complexity index is 1020. The van der Waals surface area contributed by atoms with Crippen molar-refractivity contribution in [1.29, 1.82) is 0 Å². The summed E-state index contributed by atoms with van der Waals surface area (Å²) in [5, 5.41) is 0. The van der Waals surface area contributed by atoms with Crippen LogP contribution in [0.5, 0.6) is 5.75 Å². The number of hydrogen-bond acceptors (Lipinski definition) is 7. The number of ether oxygens (including phenoxy) is 1. The quantitative estimate of drug-likeness (QED) is 0.549. The number of anilines is 1. The third-order valence-corrected chi connectivity index (χ3v) is 8.72. The summed E-state index contributed by atoms with van der Waals surface area (Å²) in [5.41, 5.74) is -0.454. The molecule has 0 bridgehead atoms. The van der Waals surface area contributed by atoms with E-state index >= 15 is 0 Å². The van der Waals surface area contributed by atoms with Gasteiger partial charge >= 0.3 is 0 Å². The molecule has 0 aliphatic carbocycles. The second-order valence-electron chi connectivity index (χ2n) is 8.16. The lowest BCUT2D eigenvalue weighted by Gasteiger charge is -2.37. The predicted octanol–water partition coefficient (Wildman–Crippen LogP) is 1.80. The average molecular weight is 476 g/mol. The van der Waals surface area contributed by atoms with Crippen molar-refractivity contribution in [1.82, 2.24) is 9.62 Å². The highest BCUT2D eigenvalue weighted by Gasteiger charge is 2.42. The molecule has 0 saturated carbocycles. The number of nitrogens with one attached hydrogen (secondary N) is 1. The number of carbonyl (C=O) groups excluding carboxylic acids is 1. The first-order valence-electron chi connectivity index (χ1n) is 10.4. The van der Waals surface area contributed by atoms with Crippen molar-refractivity contribution >= 4 is 31.6 Å². The van der Waals surface area contributed by atoms with Gasteiger partial charge in [-0.25, -0.2) is 25.9 Å². The van der Waals surface area contributed by atoms with Crippen molar-refractivity contribution in [3.63, 3.8) is 0 Å². The van der Waals surface area contributed by atoms with Crippen molar-refractivity contribution in [2.45, 2.75) is 52.0 Å². The summed E-state index contributed by atoms with van der Waals surface area (Å²) in [5.74, 6) is -1.48. The molecule has 11 heteroatoms. The number of hydrogen-bond donors (Lipinski definition) is 1. The fourth-order valence-electron chi connectivity index (χ4n) is 3.74. The SMILES string of the molecule is CCOc1ccc(N2C(=O)C(C)CS2(=O)=O)cc1S(=O)(=O)NCC(C)(C)N(CC)CC. The molecule has 1 N–H and O–H groups in total. The van der Waals surface area contributed by atoms with E-state index in [-0.39, 0.29) is 35.2 Å². The number of sulfonamides is 2. The van der Waals surface area contributed by atoms with Crippen LogP contribution in [-0.2, 0) is 24.8 Å². The van der Waals surface area contributed by atoms with Crippen LogP contribution in [0.25, 0.3) is 0 Å². The van der Waals surface area contributed by atoms with Gasteiger partial charge in [-0.15, -0.1) is 0 Å². The van der Waals surface area contributed by atoms with Crippen molar-refractivity contribution in [2.75, 3.05) is 36.3 Å². The number of amides is 1. The van der Waals surface area contributed by atoms with Gasteiger partial charge in [0.15, 0.2) is 0 Å². The van der Waals surface area contributed by atoms with Crippen LogP contribution >= 0.6 is 0 Å². The first-order chi connectivity index (χ1) is 14.3. The summed E-state index contributed by atoms with van der Waals surface area (Å²) in [6, 6.07) is 3.96. The van der Waals surface area contributed by atoms with Gasteiger partial charge in [0.1, 0.15) is 10.6 Å². The molecule has 1 atom stereocenters. The van der Waals surface area contributed by atoms with Crippen LogP contribution in [0.3, 0.4) is 0 Å². The number of likely N-dealkylation sites (N-methyl/N-ethyl adjacent to an activating group) is 1. The maximum atomic E-state index is 13.2. The molecule has 1 unspecified atom stereocenters. The highest BCUT2D eigenvalue weighted by Crippen LogP contribution is 2.34. The van der Waals surface area contributed by atoms with Crippen LogP contribution in [0, 0.1) is 5.92 Å². The van der Waals surface area contributed by atoms with E-state index in [1.54, 1.807) is 6.92 Å². The lowest BCUT2D eigenvalue weighted by molar-refractivity contribution is -0.119. The van der Waals surface area contributed by atoms with Crippen molar-refractivity contribution < 1.29 is 26.4 Å². The molecular formula is C20H33N3O6S2. The van der Waals surface area contributed by atoms with Crippen molar-refractivity contribution in [3.8, 4) is 5.75 Å². The van der Waals surface area contributed by atoms with Crippen LogP contribution < -0.4 is 13.8 Å². The smallest absolute Gasteiger partial charge is 0.244 e. The molecule has 1 heterocycles. The standard InChI is InChI=1S/C20H33N3O6S2/c1-7-22(8-2)20(5,6)14-21-31(27,28)18-12-16(10-11-17(18)29-9-3)23-19(24)15(4)13-30(23,25)26/h10-12,15,21H,7-9,13-14H2,1-6H3. The molecule has 1 aromatic rings. The van der Waals surface area contributed by atoms with Gasteiger partial charge in [0, 0.05) is 12.1 Å². The van der Waals surface area contributed by atoms with E-state index < -0.39 is 37.4 Å². The van der Waals surface area contributed by atoms with E-state index in [1.807, 2.05) is 27.7 Å². The number of carbonyl (C=O) groups is 1. The zero-order valence-electron chi connectivity index (χ0n) is 19.0. The van der Waals surface area contributed by atoms with Crippen molar-refractivity contribution in [3.05, 3.63) is 18.2 Å². The van der Waals surface area contributed by atoms with E-state index in [1.165, 1.54) is 25.1 Å². The van der Waals surface area contributed by atoms with E-state index in [0.717, 1.165) is 13.1 Å². The van der Waals surface area contributed by atoms with Gasteiger partial charge in [0.05, 0.1) is 24.0 Å². The highest BCUT2D eigenvalue weighted by atomic mass is 32.2. The Morgan fingerprint density at radius 1 is 1.23 bits per heavy atom. The van der Waals surface area contributed by atoms with Crippen LogP contribution in [-0.4, -0.2) is 65.2 Å². The topological polar surface area (TPSA) is 113 Å². The van der Waals surface area contributed by atoms with Crippen LogP contribution in [0.2, 0.25) is 0 Å². The average Bonchev–Trinajstić information content (AvgIpc) is 2.88. The molecule has 0 radical (unpaired) electrons. The summed E-state index contributed by atoms with van der Waals surface area (Å²) >= 11 is 0. The Kier molecular flexibility index (Phi) is 7.78. The molecular weight excluding hydrogens is 442 g/mol. The van der Waals surface area contributed by atoms with Gasteiger partial charge in [0.25, 0.3) is 0 Å². The Morgan fingerprint density at radius 2 is 1.84 bits per heavy atom. The molecule has 0 aromatic heterocycles. The number of rotatable bonds is 10. The van der Waals surface area contributed by atoms with Crippen LogP contribution in [0.1, 0.15) is 41.5 Å². The molecule has 1 aliphatic rings. The van der Waals surface area contributed by atoms with Gasteiger partial charge in [-0.2, -0.15) is 0 Å². The first kappa shape index (κ1) is 25.6. The summed E-state index contributed by atoms with van der Waals surface area (Å²) in [4.78, 5) is 14.4. The third-order valence-electron chi connectivity index (χ3n) is 5.43. The van der Waals surface area contributed by atoms with E-state index in [0.29, 0.717) is 4.31 Å². The zero-order chi connectivity index (χ0) is 23.6. The molecule has 1 fully saturated rings. The van der Waals surface area contributed by atoms with Gasteiger partial charge in [-0.05, 0) is 52.1 Å². The molecule has 1 aromatic carbocycles. The minimum atomic E-state index is -4.05. The minimum Gasteiger partial charge on any atom is -0.492 e. The summed E-state index contributed by atoms with van der Waals surface area (Å²) in [6.45, 7) is 13.0. The Labute approximate surface area is 185 Å². The van der Waals surface area contributed by atoms with Crippen molar-refractivity contribution in [2.24, 2.45) is 5.92 Å². The summed E-state index contributed by atoms with van der Waals surface area (Å²) in [7, 11) is -7.91. The monoisotopic (exact) mass is 475 g/mol. The Hall–Kier alpha value is -1.69. The fourth-order valence-corrected chi connectivity index (χ4v) is 6.91. The maximum absolute atomic E-state index is 13.2. The molecule has 2 rings (SSSR count). The normalized spacial score (nSPS) is 19.3. The van der Waals surface area contributed by atoms with E-state index in [9.17, 15) is 21.6 Å². The molecule has 176 valence electrons. The second kappa shape index (κ2) is 9.43. The molecule has 0 spiro atoms. The van der Waals surface area contributed by atoms with Gasteiger partial charge < -0.3 is 4.74 Å². The largest absolute Gasteiger partial charge is 0.492 e. The molecule has 1 amide bonds. The van der Waals surface area contributed by atoms with Crippen LogP contribution in [0.15, 0.2) is 23.1 Å². The van der Waals surface area contributed by atoms with E-state index in [4.69, 9.17) is 4.74 Å². The highest BCUT2D eigenvalue weighted by molar-refractivity contribution is 7.94. The Morgan fingerprint density at radius 3 is 2.32 bits per heavy atom. The Balaban J connectivity index is 2.46. The lowest BCUT2D eigenvalue weighted by atomic mass is 10.0. The number of nitrogens with zero attached hydrogens (tertiary/aromatic N) is 2. The van der Waals surface area contributed by atoms with Gasteiger partial charge in [0.2, 0.25) is 26.0 Å². The lowest BCUT2D eigenvalue weighted by Crippen LogP contribution is -2.51. The number of benzene rings is 1.